The van der Waals surface area contributed by atoms with Crippen LogP contribution in [0.25, 0.3) is 0 Å². The van der Waals surface area contributed by atoms with Crippen molar-refractivity contribution >= 4 is 33.2 Å². The van der Waals surface area contributed by atoms with Crippen LogP contribution in [0, 0.1) is 5.82 Å². The lowest BCUT2D eigenvalue weighted by atomic mass is 10.2. The molecule has 1 N–H and O–H groups in total. The molecule has 112 valence electrons. The summed E-state index contributed by atoms with van der Waals surface area (Å²) in [5, 5.41) is 3.26. The van der Waals surface area contributed by atoms with E-state index in [0.717, 1.165) is 15.7 Å². The number of ether oxygens (including phenoxy) is 2. The molecule has 0 heterocycles. The molecule has 0 bridgehead atoms. The maximum atomic E-state index is 13.1. The Morgan fingerprint density at radius 1 is 1.14 bits per heavy atom. The highest BCUT2D eigenvalue weighted by atomic mass is 79.9. The van der Waals surface area contributed by atoms with Crippen molar-refractivity contribution < 1.29 is 13.9 Å². The first kappa shape index (κ1) is 15.9. The van der Waals surface area contributed by atoms with Crippen LogP contribution in [0.3, 0.4) is 0 Å². The molecule has 0 saturated carbocycles. The molecule has 0 atom stereocenters. The fourth-order valence-corrected chi connectivity index (χ4v) is 2.60. The molecule has 0 aliphatic rings. The first-order valence-electron chi connectivity index (χ1n) is 6.14. The summed E-state index contributed by atoms with van der Waals surface area (Å²) in [5.41, 5.74) is 1.67. The van der Waals surface area contributed by atoms with Crippen LogP contribution in [-0.4, -0.2) is 14.2 Å². The van der Waals surface area contributed by atoms with Gasteiger partial charge in [0.1, 0.15) is 17.3 Å². The van der Waals surface area contributed by atoms with Crippen molar-refractivity contribution in [3.63, 3.8) is 0 Å². The number of benzene rings is 2. The van der Waals surface area contributed by atoms with Gasteiger partial charge in [-0.2, -0.15) is 0 Å². The van der Waals surface area contributed by atoms with Crippen LogP contribution in [-0.2, 0) is 6.54 Å². The van der Waals surface area contributed by atoms with Gasteiger partial charge in [0, 0.05) is 23.9 Å². The van der Waals surface area contributed by atoms with Crippen LogP contribution in [0.1, 0.15) is 5.56 Å². The highest BCUT2D eigenvalue weighted by Crippen LogP contribution is 2.33. The quantitative estimate of drug-likeness (QED) is 0.810. The Morgan fingerprint density at radius 3 is 2.48 bits per heavy atom. The van der Waals surface area contributed by atoms with E-state index in [-0.39, 0.29) is 5.02 Å². The van der Waals surface area contributed by atoms with Gasteiger partial charge in [-0.15, -0.1) is 0 Å². The van der Waals surface area contributed by atoms with Crippen LogP contribution in [0.2, 0.25) is 5.02 Å². The van der Waals surface area contributed by atoms with E-state index in [2.05, 4.69) is 21.2 Å². The van der Waals surface area contributed by atoms with Crippen molar-refractivity contribution in [1.29, 1.82) is 0 Å². The number of methoxy groups -OCH3 is 2. The fourth-order valence-electron chi connectivity index (χ4n) is 1.86. The van der Waals surface area contributed by atoms with Gasteiger partial charge in [0.15, 0.2) is 0 Å². The number of halogens is 3. The van der Waals surface area contributed by atoms with Gasteiger partial charge in [-0.1, -0.05) is 11.6 Å². The zero-order valence-corrected chi connectivity index (χ0v) is 13.9. The zero-order chi connectivity index (χ0) is 15.4. The standard InChI is InChI=1S/C15H14BrClFNO2/c1-20-14-7-15(21-2)11(16)5-9(14)8-19-10-3-4-13(18)12(17)6-10/h3-7,19H,8H2,1-2H3. The van der Waals surface area contributed by atoms with E-state index in [9.17, 15) is 4.39 Å². The van der Waals surface area contributed by atoms with Gasteiger partial charge in [0.2, 0.25) is 0 Å². The van der Waals surface area contributed by atoms with Gasteiger partial charge in [-0.25, -0.2) is 4.39 Å². The normalized spacial score (nSPS) is 10.3. The second-order valence-electron chi connectivity index (χ2n) is 4.28. The number of hydrogen-bond donors (Lipinski definition) is 1. The SMILES string of the molecule is COc1cc(OC)c(CNc2ccc(F)c(Cl)c2)cc1Br. The van der Waals surface area contributed by atoms with Crippen molar-refractivity contribution in [3.05, 3.63) is 51.2 Å². The lowest BCUT2D eigenvalue weighted by molar-refractivity contribution is 0.390. The highest BCUT2D eigenvalue weighted by molar-refractivity contribution is 9.10. The molecule has 0 amide bonds. The average Bonchev–Trinajstić information content (AvgIpc) is 2.48. The molecule has 0 radical (unpaired) electrons. The monoisotopic (exact) mass is 373 g/mol. The third-order valence-corrected chi connectivity index (χ3v) is 3.87. The van der Waals surface area contributed by atoms with E-state index >= 15 is 0 Å². The van der Waals surface area contributed by atoms with Gasteiger partial charge >= 0.3 is 0 Å². The Balaban J connectivity index is 2.19. The van der Waals surface area contributed by atoms with Gasteiger partial charge in [0.05, 0.1) is 23.7 Å². The number of hydrogen-bond acceptors (Lipinski definition) is 3. The van der Waals surface area contributed by atoms with E-state index in [0.29, 0.717) is 18.0 Å². The molecule has 2 aromatic carbocycles. The summed E-state index contributed by atoms with van der Waals surface area (Å²) < 4.78 is 24.5. The summed E-state index contributed by atoms with van der Waals surface area (Å²) in [6.07, 6.45) is 0. The molecule has 0 aliphatic heterocycles. The smallest absolute Gasteiger partial charge is 0.141 e. The van der Waals surface area contributed by atoms with E-state index in [1.165, 1.54) is 6.07 Å². The third kappa shape index (κ3) is 3.80. The minimum absolute atomic E-state index is 0.0860. The van der Waals surface area contributed by atoms with Crippen molar-refractivity contribution in [2.45, 2.75) is 6.54 Å². The van der Waals surface area contributed by atoms with Crippen LogP contribution in [0.5, 0.6) is 11.5 Å². The van der Waals surface area contributed by atoms with Gasteiger partial charge in [0.25, 0.3) is 0 Å². The average molecular weight is 375 g/mol. The lowest BCUT2D eigenvalue weighted by Crippen LogP contribution is -2.02. The van der Waals surface area contributed by atoms with Gasteiger partial charge < -0.3 is 14.8 Å². The topological polar surface area (TPSA) is 30.5 Å². The second-order valence-corrected chi connectivity index (χ2v) is 5.54. The minimum Gasteiger partial charge on any atom is -0.496 e. The Kier molecular flexibility index (Phi) is 5.31. The molecular weight excluding hydrogens is 361 g/mol. The maximum Gasteiger partial charge on any atom is 0.141 e. The van der Waals surface area contributed by atoms with Crippen molar-refractivity contribution in [3.8, 4) is 11.5 Å². The molecule has 0 aliphatic carbocycles. The van der Waals surface area contributed by atoms with E-state index in [1.54, 1.807) is 32.4 Å². The third-order valence-electron chi connectivity index (χ3n) is 2.96. The molecule has 0 fully saturated rings. The molecule has 2 aromatic rings. The molecule has 3 nitrogen and oxygen atoms in total. The lowest BCUT2D eigenvalue weighted by Gasteiger charge is -2.13. The summed E-state index contributed by atoms with van der Waals surface area (Å²) in [6, 6.07) is 8.22. The Labute approximate surface area is 136 Å². The van der Waals surface area contributed by atoms with Crippen molar-refractivity contribution in [2.75, 3.05) is 19.5 Å². The molecule has 0 saturated heterocycles. The molecule has 21 heavy (non-hydrogen) atoms. The number of rotatable bonds is 5. The van der Waals surface area contributed by atoms with Gasteiger partial charge in [-0.05, 0) is 40.2 Å². The van der Waals surface area contributed by atoms with Gasteiger partial charge in [-0.3, -0.25) is 0 Å². The van der Waals surface area contributed by atoms with Crippen molar-refractivity contribution in [2.24, 2.45) is 0 Å². The van der Waals surface area contributed by atoms with Crippen LogP contribution >= 0.6 is 27.5 Å². The minimum atomic E-state index is -0.438. The molecule has 0 spiro atoms. The fraction of sp³-hybridized carbons (Fsp3) is 0.200. The number of anilines is 1. The Morgan fingerprint density at radius 2 is 1.86 bits per heavy atom. The van der Waals surface area contributed by atoms with Crippen molar-refractivity contribution in [1.82, 2.24) is 0 Å². The Bertz CT molecular complexity index is 652. The van der Waals surface area contributed by atoms with E-state index in [1.807, 2.05) is 6.07 Å². The Hall–Kier alpha value is -1.46. The van der Waals surface area contributed by atoms with Crippen LogP contribution < -0.4 is 14.8 Å². The van der Waals surface area contributed by atoms with Crippen LogP contribution in [0.4, 0.5) is 10.1 Å². The zero-order valence-electron chi connectivity index (χ0n) is 11.5. The summed E-state index contributed by atoms with van der Waals surface area (Å²) in [4.78, 5) is 0. The molecule has 0 aromatic heterocycles. The van der Waals surface area contributed by atoms with E-state index in [4.69, 9.17) is 21.1 Å². The summed E-state index contributed by atoms with van der Waals surface area (Å²) >= 11 is 9.19. The summed E-state index contributed by atoms with van der Waals surface area (Å²) in [6.45, 7) is 0.508. The summed E-state index contributed by atoms with van der Waals surface area (Å²) in [5.74, 6) is 0.961. The van der Waals surface area contributed by atoms with Crippen LogP contribution in [0.15, 0.2) is 34.8 Å². The maximum absolute atomic E-state index is 13.1. The first-order valence-corrected chi connectivity index (χ1v) is 7.31. The number of nitrogens with one attached hydrogen (secondary N) is 1. The molecular formula is C15H14BrClFNO2. The highest BCUT2D eigenvalue weighted by Gasteiger charge is 2.10. The predicted octanol–water partition coefficient (Wildman–Crippen LogP) is 4.87. The van der Waals surface area contributed by atoms with E-state index < -0.39 is 5.82 Å². The molecule has 6 heteroatoms. The molecule has 0 unspecified atom stereocenters. The molecule has 2 rings (SSSR count). The summed E-state index contributed by atoms with van der Waals surface area (Å²) in [7, 11) is 3.19. The first-order chi connectivity index (χ1) is 10.0. The second kappa shape index (κ2) is 7.00. The predicted molar refractivity (Wildman–Crippen MR) is 86.0 cm³/mol. The largest absolute Gasteiger partial charge is 0.496 e.